The molecule has 7 atom stereocenters. The number of amides is 8. The highest BCUT2D eigenvalue weighted by molar-refractivity contribution is 6.38. The highest BCUT2D eigenvalue weighted by Crippen LogP contribution is 2.45. The van der Waals surface area contributed by atoms with Gasteiger partial charge >= 0.3 is 0 Å². The molecule has 22 heteroatoms. The Kier molecular flexibility index (Phi) is 20.0. The van der Waals surface area contributed by atoms with E-state index in [1.54, 1.807) is 17.0 Å². The van der Waals surface area contributed by atoms with E-state index in [0.717, 1.165) is 61.2 Å². The Morgan fingerprint density at radius 3 is 2.21 bits per heavy atom. The Morgan fingerprint density at radius 2 is 1.52 bits per heavy atom. The summed E-state index contributed by atoms with van der Waals surface area (Å²) in [6.45, 7) is 9.18. The zero-order chi connectivity index (χ0) is 58.1. The Bertz CT molecular complexity index is 2730. The van der Waals surface area contributed by atoms with E-state index in [9.17, 15) is 52.7 Å². The molecule has 81 heavy (non-hydrogen) atoms. The number of carbonyl (C=O) groups is 11. The summed E-state index contributed by atoms with van der Waals surface area (Å²) in [5, 5.41) is 11.7. The molecule has 5 fully saturated rings. The molecule has 8 rings (SSSR count). The lowest BCUT2D eigenvalue weighted by molar-refractivity contribution is -0.149. The fraction of sp³-hybridized carbons (Fsp3) is 0.644. The molecular formula is C59H79N9O13. The molecule has 3 aliphatic heterocycles. The highest BCUT2D eigenvalue weighted by Gasteiger charge is 2.53. The number of ether oxygens (including phenoxy) is 2. The first kappa shape index (κ1) is 60.3. The van der Waals surface area contributed by atoms with Crippen LogP contribution in [0.5, 0.6) is 0 Å². The van der Waals surface area contributed by atoms with E-state index in [4.69, 9.17) is 9.47 Å². The van der Waals surface area contributed by atoms with Gasteiger partial charge in [-0.15, -0.1) is 0 Å². The van der Waals surface area contributed by atoms with Gasteiger partial charge in [-0.05, 0) is 93.1 Å². The molecule has 1 aromatic heterocycles. The summed E-state index contributed by atoms with van der Waals surface area (Å²) < 4.78 is 11.3. The lowest BCUT2D eigenvalue weighted by atomic mass is 9.74. The number of nitrogens with zero attached hydrogens (tertiary/aromatic N) is 5. The maximum absolute atomic E-state index is 15.0. The van der Waals surface area contributed by atoms with E-state index in [-0.39, 0.29) is 128 Å². The first-order chi connectivity index (χ1) is 38.8. The largest absolute Gasteiger partial charge is 0.382 e. The molecule has 22 nitrogen and oxygen atoms in total. The molecule has 0 spiro atoms. The van der Waals surface area contributed by atoms with Crippen LogP contribution < -0.4 is 21.3 Å². The number of carbonyl (C=O) groups excluding carboxylic acids is 11. The second-order valence-electron chi connectivity index (χ2n) is 23.7. The number of ketones is 3. The van der Waals surface area contributed by atoms with Gasteiger partial charge in [0, 0.05) is 63.7 Å². The first-order valence-corrected chi connectivity index (χ1v) is 29.1. The normalized spacial score (nSPS) is 22.2. The number of likely N-dealkylation sites (tertiary alicyclic amines) is 2. The number of imide groups is 2. The van der Waals surface area contributed by atoms with Gasteiger partial charge in [0.15, 0.2) is 11.6 Å². The van der Waals surface area contributed by atoms with Crippen LogP contribution in [0, 0.1) is 29.1 Å². The second-order valence-corrected chi connectivity index (χ2v) is 23.7. The summed E-state index contributed by atoms with van der Waals surface area (Å²) in [4.78, 5) is 161. The van der Waals surface area contributed by atoms with Crippen molar-refractivity contribution in [1.29, 1.82) is 0 Å². The highest BCUT2D eigenvalue weighted by atomic mass is 16.5. The molecule has 4 heterocycles. The number of hydrogen-bond donors (Lipinski definition) is 4. The SMILES string of the molecule is CCC[C@H](NC(=O)[C@@H]1[C@H]2CCC[C@H]2CN1C(=O)[C@@H](CC(=O)[C@@H](NC(=O)c1cnc(C(=O)CCCOCCOCCNc2cccc3c2C(=O)N(C2CCC(=O)N(C)C2=O)C3=O)cn1)C1CCCCC1)C(C)(C)C)C(=O)C(=O)NC1CC1. The van der Waals surface area contributed by atoms with Gasteiger partial charge in [-0.25, -0.2) is 9.97 Å². The van der Waals surface area contributed by atoms with E-state index in [0.29, 0.717) is 44.5 Å². The van der Waals surface area contributed by atoms with Crippen molar-refractivity contribution in [2.75, 3.05) is 51.9 Å². The van der Waals surface area contributed by atoms with E-state index in [1.165, 1.54) is 25.5 Å². The van der Waals surface area contributed by atoms with Gasteiger partial charge in [-0.3, -0.25) is 62.5 Å². The number of hydrogen-bond acceptors (Lipinski definition) is 16. The number of nitrogens with one attached hydrogen (secondary N) is 4. The smallest absolute Gasteiger partial charge is 0.289 e. The number of aromatic nitrogens is 2. The van der Waals surface area contributed by atoms with E-state index < -0.39 is 76.7 Å². The number of anilines is 1. The Labute approximate surface area is 472 Å². The minimum Gasteiger partial charge on any atom is -0.382 e. The average molecular weight is 1120 g/mol. The van der Waals surface area contributed by atoms with Crippen LogP contribution >= 0.6 is 0 Å². The monoisotopic (exact) mass is 1120 g/mol. The van der Waals surface area contributed by atoms with Crippen LogP contribution in [-0.2, 0) is 43.0 Å². The van der Waals surface area contributed by atoms with Crippen molar-refractivity contribution in [1.82, 2.24) is 40.6 Å². The fourth-order valence-electron chi connectivity index (χ4n) is 12.3. The Balaban J connectivity index is 0.792. The van der Waals surface area contributed by atoms with Crippen molar-refractivity contribution in [2.45, 2.75) is 167 Å². The molecule has 0 bridgehead atoms. The predicted octanol–water partition coefficient (Wildman–Crippen LogP) is 4.39. The van der Waals surface area contributed by atoms with Crippen LogP contribution in [0.4, 0.5) is 5.69 Å². The summed E-state index contributed by atoms with van der Waals surface area (Å²) in [6.07, 6.45) is 12.0. The van der Waals surface area contributed by atoms with Crippen LogP contribution in [0.15, 0.2) is 30.6 Å². The van der Waals surface area contributed by atoms with Gasteiger partial charge < -0.3 is 35.6 Å². The van der Waals surface area contributed by atoms with Crippen molar-refractivity contribution in [3.8, 4) is 0 Å². The van der Waals surface area contributed by atoms with Gasteiger partial charge in [0.25, 0.3) is 29.5 Å². The standard InChI is InChI=1S/C59H79N9O13/c1-6-13-41(51(72)54(75)63-36-21-22-36)64-53(74)50-37-17-10-16-35(37)33-67(50)56(77)39(59(2,3)4)30-46(70)49(34-14-8-7-9-15-34)65-52(73)43-32-61-42(31-62-43)45(69)20-12-26-80-28-29-81-27-25-60-40-19-11-18-38-48(40)58(79)68(55(38)76)44-23-24-47(71)66(5)57(44)78/h11,18-19,31-32,34-37,39,41,44,49-50,60H,6-10,12-17,20-30,33H2,1-5H3,(H,63,75)(H,64,74)(H,65,73)/t35-,37-,39+,41-,44?,49-,50-/m0/s1. The summed E-state index contributed by atoms with van der Waals surface area (Å²) in [7, 11) is 1.34. The molecule has 2 saturated heterocycles. The topological polar surface area (TPSA) is 290 Å². The molecule has 1 unspecified atom stereocenters. The first-order valence-electron chi connectivity index (χ1n) is 29.1. The number of fused-ring (bicyclic) bond motifs is 2. The Morgan fingerprint density at radius 1 is 0.802 bits per heavy atom. The predicted molar refractivity (Wildman–Crippen MR) is 293 cm³/mol. The van der Waals surface area contributed by atoms with Gasteiger partial charge in [0.05, 0.1) is 55.4 Å². The molecular weight excluding hydrogens is 1040 g/mol. The maximum atomic E-state index is 15.0. The van der Waals surface area contributed by atoms with Crippen LogP contribution in [0.3, 0.4) is 0 Å². The zero-order valence-electron chi connectivity index (χ0n) is 47.4. The van der Waals surface area contributed by atoms with E-state index in [2.05, 4.69) is 31.2 Å². The van der Waals surface area contributed by atoms with Gasteiger partial charge in [0.1, 0.15) is 23.5 Å². The lowest BCUT2D eigenvalue weighted by Crippen LogP contribution is -2.56. The molecule has 1 aromatic carbocycles. The lowest BCUT2D eigenvalue weighted by Gasteiger charge is -2.37. The number of likely N-dealkylation sites (N-methyl/N-ethyl adjacent to an activating group) is 1. The molecule has 2 aromatic rings. The molecule has 0 radical (unpaired) electrons. The Hall–Kier alpha value is -6.81. The van der Waals surface area contributed by atoms with Crippen LogP contribution in [0.1, 0.15) is 179 Å². The van der Waals surface area contributed by atoms with Gasteiger partial charge in [-0.2, -0.15) is 0 Å². The quantitative estimate of drug-likeness (QED) is 0.0418. The third-order valence-corrected chi connectivity index (χ3v) is 17.0. The summed E-state index contributed by atoms with van der Waals surface area (Å²) in [5.74, 6) is -6.65. The van der Waals surface area contributed by atoms with Crippen molar-refractivity contribution >= 4 is 70.3 Å². The van der Waals surface area contributed by atoms with Crippen molar-refractivity contribution < 1.29 is 62.2 Å². The minimum absolute atomic E-state index is 0.0226. The fourth-order valence-corrected chi connectivity index (χ4v) is 12.3. The molecule has 4 N–H and O–H groups in total. The number of Topliss-reactive ketones (excluding diaryl/α,β-unsaturated/α-hetero) is 3. The maximum Gasteiger partial charge on any atom is 0.289 e. The second kappa shape index (κ2) is 26.8. The zero-order valence-corrected chi connectivity index (χ0v) is 47.4. The minimum atomic E-state index is -1.05. The average Bonchev–Trinajstić information content (AvgIpc) is 3.97. The van der Waals surface area contributed by atoms with Gasteiger partial charge in [-0.1, -0.05) is 65.9 Å². The van der Waals surface area contributed by atoms with Crippen LogP contribution in [0.2, 0.25) is 0 Å². The van der Waals surface area contributed by atoms with Gasteiger partial charge in [0.2, 0.25) is 23.5 Å². The summed E-state index contributed by atoms with van der Waals surface area (Å²) >= 11 is 0. The van der Waals surface area contributed by atoms with Crippen molar-refractivity contribution in [2.24, 2.45) is 29.1 Å². The number of rotatable bonds is 27. The molecule has 438 valence electrons. The van der Waals surface area contributed by atoms with E-state index >= 15 is 0 Å². The summed E-state index contributed by atoms with van der Waals surface area (Å²) in [5.41, 5.74) is 0.0238. The van der Waals surface area contributed by atoms with E-state index in [1.807, 2.05) is 27.7 Å². The van der Waals surface area contributed by atoms with Crippen molar-refractivity contribution in [3.05, 3.63) is 53.1 Å². The van der Waals surface area contributed by atoms with Crippen LogP contribution in [-0.4, -0.2) is 166 Å². The molecule has 3 aliphatic carbocycles. The molecule has 6 aliphatic rings. The van der Waals surface area contributed by atoms with Crippen molar-refractivity contribution in [3.63, 3.8) is 0 Å². The third-order valence-electron chi connectivity index (χ3n) is 17.0. The third kappa shape index (κ3) is 14.3. The molecule has 8 amide bonds. The van der Waals surface area contributed by atoms with Crippen LogP contribution in [0.25, 0.3) is 0 Å². The number of piperidine rings is 1. The molecule has 3 saturated carbocycles. The summed E-state index contributed by atoms with van der Waals surface area (Å²) in [6, 6.07) is 0.945. The number of benzene rings is 1.